The van der Waals surface area contributed by atoms with Crippen molar-refractivity contribution in [1.82, 2.24) is 9.88 Å². The van der Waals surface area contributed by atoms with Gasteiger partial charge in [0.05, 0.1) is 5.56 Å². The molecule has 0 saturated heterocycles. The number of carbonyl (C=O) groups excluding carboxylic acids is 1. The number of amides is 1. The number of pyridine rings is 1. The fraction of sp³-hybridized carbons (Fsp3) is 0.500. The van der Waals surface area contributed by atoms with E-state index in [1.165, 1.54) is 12.8 Å². The van der Waals surface area contributed by atoms with Crippen LogP contribution in [0.5, 0.6) is 0 Å². The first-order valence-electron chi connectivity index (χ1n) is 5.56. The van der Waals surface area contributed by atoms with E-state index >= 15 is 0 Å². The minimum absolute atomic E-state index is 0.0701. The second-order valence-electron chi connectivity index (χ2n) is 4.25. The average Bonchev–Trinajstić information content (AvgIpc) is 2.80. The number of halogens is 1. The summed E-state index contributed by atoms with van der Waals surface area (Å²) < 4.78 is 0.846. The highest BCUT2D eigenvalue weighted by Gasteiger charge is 2.24. The lowest BCUT2D eigenvalue weighted by molar-refractivity contribution is 0.0734. The average molecular weight is 283 g/mol. The molecule has 3 nitrogen and oxygen atoms in total. The maximum atomic E-state index is 12.1. The number of rotatable bonds is 2. The summed E-state index contributed by atoms with van der Waals surface area (Å²) in [4.78, 5) is 18.0. The molecule has 2 rings (SSSR count). The van der Waals surface area contributed by atoms with Gasteiger partial charge in [0.25, 0.3) is 5.91 Å². The van der Waals surface area contributed by atoms with Gasteiger partial charge in [0.15, 0.2) is 0 Å². The molecule has 4 heteroatoms. The smallest absolute Gasteiger partial charge is 0.255 e. The van der Waals surface area contributed by atoms with Crippen molar-refractivity contribution in [3.8, 4) is 0 Å². The zero-order valence-corrected chi connectivity index (χ0v) is 10.9. The van der Waals surface area contributed by atoms with Crippen LogP contribution < -0.4 is 0 Å². The van der Waals surface area contributed by atoms with Gasteiger partial charge in [-0.05, 0) is 34.8 Å². The maximum Gasteiger partial charge on any atom is 0.255 e. The molecule has 0 radical (unpaired) electrons. The second-order valence-corrected chi connectivity index (χ2v) is 5.16. The Kier molecular flexibility index (Phi) is 3.59. The van der Waals surface area contributed by atoms with E-state index in [2.05, 4.69) is 20.9 Å². The van der Waals surface area contributed by atoms with Crippen LogP contribution in [0.1, 0.15) is 36.0 Å². The van der Waals surface area contributed by atoms with Gasteiger partial charge in [0.1, 0.15) is 0 Å². The van der Waals surface area contributed by atoms with Gasteiger partial charge in [-0.2, -0.15) is 0 Å². The van der Waals surface area contributed by atoms with E-state index < -0.39 is 0 Å². The van der Waals surface area contributed by atoms with E-state index in [-0.39, 0.29) is 5.91 Å². The van der Waals surface area contributed by atoms with Crippen LogP contribution in [0.4, 0.5) is 0 Å². The highest BCUT2D eigenvalue weighted by molar-refractivity contribution is 9.10. The molecule has 1 heterocycles. The van der Waals surface area contributed by atoms with Gasteiger partial charge in [-0.1, -0.05) is 12.8 Å². The first kappa shape index (κ1) is 11.6. The summed E-state index contributed by atoms with van der Waals surface area (Å²) in [7, 11) is 1.89. The van der Waals surface area contributed by atoms with Crippen LogP contribution in [0.25, 0.3) is 0 Å². The highest BCUT2D eigenvalue weighted by atomic mass is 79.9. The Morgan fingerprint density at radius 3 is 2.75 bits per heavy atom. The molecular formula is C12H15BrN2O. The summed E-state index contributed by atoms with van der Waals surface area (Å²) in [5, 5.41) is 0. The van der Waals surface area contributed by atoms with Crippen LogP contribution >= 0.6 is 15.9 Å². The van der Waals surface area contributed by atoms with Gasteiger partial charge in [0.2, 0.25) is 0 Å². The first-order chi connectivity index (χ1) is 7.68. The van der Waals surface area contributed by atoms with Gasteiger partial charge in [-0.15, -0.1) is 0 Å². The SMILES string of the molecule is CN(C(=O)c1cncc(Br)c1)C1CCCC1. The van der Waals surface area contributed by atoms with Crippen molar-refractivity contribution in [2.75, 3.05) is 7.05 Å². The van der Waals surface area contributed by atoms with Crippen LogP contribution in [-0.4, -0.2) is 28.9 Å². The molecule has 0 atom stereocenters. The number of aromatic nitrogens is 1. The second kappa shape index (κ2) is 4.95. The highest BCUT2D eigenvalue weighted by Crippen LogP contribution is 2.23. The fourth-order valence-electron chi connectivity index (χ4n) is 2.19. The number of carbonyl (C=O) groups is 1. The molecule has 0 aromatic carbocycles. The summed E-state index contributed by atoms with van der Waals surface area (Å²) in [5.74, 6) is 0.0701. The quantitative estimate of drug-likeness (QED) is 0.836. The molecule has 1 aliphatic carbocycles. The normalized spacial score (nSPS) is 16.4. The maximum absolute atomic E-state index is 12.1. The Labute approximate surface area is 104 Å². The monoisotopic (exact) mass is 282 g/mol. The molecule has 0 unspecified atom stereocenters. The summed E-state index contributed by atoms with van der Waals surface area (Å²) >= 11 is 3.33. The number of hydrogen-bond donors (Lipinski definition) is 0. The fourth-order valence-corrected chi connectivity index (χ4v) is 2.55. The van der Waals surface area contributed by atoms with Gasteiger partial charge in [-0.25, -0.2) is 0 Å². The summed E-state index contributed by atoms with van der Waals surface area (Å²) in [6, 6.07) is 2.23. The van der Waals surface area contributed by atoms with Gasteiger partial charge < -0.3 is 4.90 Å². The van der Waals surface area contributed by atoms with Crippen LogP contribution in [0, 0.1) is 0 Å². The zero-order chi connectivity index (χ0) is 11.5. The van der Waals surface area contributed by atoms with E-state index in [1.807, 2.05) is 18.0 Å². The van der Waals surface area contributed by atoms with E-state index in [9.17, 15) is 4.79 Å². The van der Waals surface area contributed by atoms with Gasteiger partial charge in [0, 0.05) is 30.0 Å². The Morgan fingerprint density at radius 2 is 2.12 bits per heavy atom. The Morgan fingerprint density at radius 1 is 1.44 bits per heavy atom. The molecule has 0 N–H and O–H groups in total. The predicted molar refractivity (Wildman–Crippen MR) is 66.3 cm³/mol. The molecular weight excluding hydrogens is 268 g/mol. The van der Waals surface area contributed by atoms with Crippen LogP contribution in [0.2, 0.25) is 0 Å². The van der Waals surface area contributed by atoms with Crippen molar-refractivity contribution in [1.29, 1.82) is 0 Å². The lowest BCUT2D eigenvalue weighted by Crippen LogP contribution is -2.35. The van der Waals surface area contributed by atoms with Crippen LogP contribution in [-0.2, 0) is 0 Å². The molecule has 0 bridgehead atoms. The van der Waals surface area contributed by atoms with Gasteiger partial charge in [-0.3, -0.25) is 9.78 Å². The summed E-state index contributed by atoms with van der Waals surface area (Å²) in [6.07, 6.45) is 8.04. The zero-order valence-electron chi connectivity index (χ0n) is 9.32. The molecule has 86 valence electrons. The summed E-state index contributed by atoms with van der Waals surface area (Å²) in [5.41, 5.74) is 0.656. The van der Waals surface area contributed by atoms with Crippen molar-refractivity contribution in [2.24, 2.45) is 0 Å². The molecule has 16 heavy (non-hydrogen) atoms. The van der Waals surface area contributed by atoms with E-state index in [0.29, 0.717) is 11.6 Å². The topological polar surface area (TPSA) is 33.2 Å². The third-order valence-electron chi connectivity index (χ3n) is 3.14. The third kappa shape index (κ3) is 2.43. The van der Waals surface area contributed by atoms with Gasteiger partial charge >= 0.3 is 0 Å². The van der Waals surface area contributed by atoms with E-state index in [1.54, 1.807) is 12.4 Å². The molecule has 1 fully saturated rings. The van der Waals surface area contributed by atoms with Crippen molar-refractivity contribution in [2.45, 2.75) is 31.7 Å². The molecule has 1 amide bonds. The molecule has 0 spiro atoms. The lowest BCUT2D eigenvalue weighted by atomic mass is 10.2. The van der Waals surface area contributed by atoms with E-state index in [0.717, 1.165) is 17.3 Å². The van der Waals surface area contributed by atoms with E-state index in [4.69, 9.17) is 0 Å². The minimum Gasteiger partial charge on any atom is -0.339 e. The molecule has 1 saturated carbocycles. The molecule has 0 aliphatic heterocycles. The minimum atomic E-state index is 0.0701. The first-order valence-corrected chi connectivity index (χ1v) is 6.35. The van der Waals surface area contributed by atoms with Crippen molar-refractivity contribution < 1.29 is 4.79 Å². The molecule has 1 aliphatic rings. The van der Waals surface area contributed by atoms with Crippen molar-refractivity contribution >= 4 is 21.8 Å². The third-order valence-corrected chi connectivity index (χ3v) is 3.58. The molecule has 1 aromatic rings. The lowest BCUT2D eigenvalue weighted by Gasteiger charge is -2.24. The van der Waals surface area contributed by atoms with Crippen LogP contribution in [0.15, 0.2) is 22.9 Å². The Hall–Kier alpha value is -0.900. The standard InChI is InChI=1S/C12H15BrN2O/c1-15(11-4-2-3-5-11)12(16)9-6-10(13)8-14-7-9/h6-8,11H,2-5H2,1H3. The predicted octanol–water partition coefficient (Wildman–Crippen LogP) is 2.86. The van der Waals surface area contributed by atoms with Crippen molar-refractivity contribution in [3.05, 3.63) is 28.5 Å². The number of hydrogen-bond acceptors (Lipinski definition) is 2. The molecule has 1 aromatic heterocycles. The van der Waals surface area contributed by atoms with Crippen molar-refractivity contribution in [3.63, 3.8) is 0 Å². The Balaban J connectivity index is 2.12. The Bertz CT molecular complexity index is 388. The summed E-state index contributed by atoms with van der Waals surface area (Å²) in [6.45, 7) is 0. The largest absolute Gasteiger partial charge is 0.339 e. The number of nitrogens with zero attached hydrogens (tertiary/aromatic N) is 2. The van der Waals surface area contributed by atoms with Crippen LogP contribution in [0.3, 0.4) is 0 Å².